The molecule has 0 N–H and O–H groups in total. The molecule has 1 aliphatic heterocycles. The topological polar surface area (TPSA) is 93.4 Å². The maximum atomic E-state index is 12.6. The van der Waals surface area contributed by atoms with Gasteiger partial charge in [-0.15, -0.1) is 0 Å². The van der Waals surface area contributed by atoms with Crippen molar-refractivity contribution >= 4 is 154 Å². The maximum absolute atomic E-state index is 12.6. The smallest absolute Gasteiger partial charge is 0.871 e. The number of carbonyl (C=O) groups is 1. The molecular formula is C20H2Cl4I4K2NaO5+. The first kappa shape index (κ1) is 38.8. The summed E-state index contributed by atoms with van der Waals surface area (Å²) in [5, 5.41) is 24.3. The molecule has 0 fully saturated rings. The van der Waals surface area contributed by atoms with E-state index in [0.717, 1.165) is 0 Å². The average Bonchev–Trinajstić information content (AvgIpc) is 2.76. The number of fused-ring (bicyclic) bond motifs is 2. The van der Waals surface area contributed by atoms with Gasteiger partial charge >= 0.3 is 132 Å². The van der Waals surface area contributed by atoms with Gasteiger partial charge in [-0.05, 0) is 102 Å². The Morgan fingerprint density at radius 2 is 1.39 bits per heavy atom. The van der Waals surface area contributed by atoms with Gasteiger partial charge in [0.15, 0.2) is 5.76 Å². The fraction of sp³-hybridized carbons (Fsp3) is 0. The molecule has 0 radical (unpaired) electrons. The molecule has 4 rings (SSSR count). The Morgan fingerprint density at radius 1 is 0.833 bits per heavy atom. The summed E-state index contributed by atoms with van der Waals surface area (Å²) >= 11 is 32.7. The van der Waals surface area contributed by atoms with Gasteiger partial charge in [0.05, 0.1) is 29.6 Å². The quantitative estimate of drug-likeness (QED) is 0.0767. The number of carbonyl (C=O) groups excluding carboxylic acids is 1. The molecule has 1 aliphatic carbocycles. The van der Waals surface area contributed by atoms with Crippen molar-refractivity contribution in [3.8, 4) is 28.2 Å². The molecule has 0 unspecified atom stereocenters. The van der Waals surface area contributed by atoms with E-state index in [0.29, 0.717) is 18.1 Å². The molecule has 36 heavy (non-hydrogen) atoms. The van der Waals surface area contributed by atoms with Gasteiger partial charge in [-0.2, -0.15) is 0 Å². The average molecular weight is 1070 g/mol. The molecule has 16 heteroatoms. The van der Waals surface area contributed by atoms with Crippen LogP contribution in [0.4, 0.5) is 0 Å². The van der Waals surface area contributed by atoms with Crippen LogP contribution in [0.1, 0.15) is 10.4 Å². The van der Waals surface area contributed by atoms with Crippen LogP contribution in [0.15, 0.2) is 21.3 Å². The van der Waals surface area contributed by atoms with E-state index in [1.807, 2.05) is 90.4 Å². The van der Waals surface area contributed by atoms with Crippen LogP contribution in [0.3, 0.4) is 0 Å². The molecule has 0 saturated carbocycles. The zero-order chi connectivity index (χ0) is 24.5. The van der Waals surface area contributed by atoms with Gasteiger partial charge < -0.3 is 19.4 Å². The van der Waals surface area contributed by atoms with E-state index in [1.54, 1.807) is 12.1 Å². The second-order valence-electron chi connectivity index (χ2n) is 6.53. The van der Waals surface area contributed by atoms with E-state index in [4.69, 9.17) is 50.8 Å². The van der Waals surface area contributed by atoms with Crippen molar-refractivity contribution in [3.05, 3.63) is 62.3 Å². The zero-order valence-electron chi connectivity index (χ0n) is 18.2. The van der Waals surface area contributed by atoms with Crippen molar-refractivity contribution in [2.75, 3.05) is 0 Å². The van der Waals surface area contributed by atoms with Crippen LogP contribution >= 0.6 is 137 Å². The second-order valence-corrected chi connectivity index (χ2v) is 12.5. The predicted molar refractivity (Wildman–Crippen MR) is 159 cm³/mol. The Labute approximate surface area is 386 Å². The minimum absolute atomic E-state index is 0. The Kier molecular flexibility index (Phi) is 16.9. The van der Waals surface area contributed by atoms with E-state index >= 15 is 0 Å². The van der Waals surface area contributed by atoms with E-state index in [-0.39, 0.29) is 193 Å². The minimum Gasteiger partial charge on any atom is -0.871 e. The molecule has 1 heterocycles. The Hall–Kier alpha value is 4.75. The molecule has 2 aromatic rings. The van der Waals surface area contributed by atoms with Crippen LogP contribution in [0.25, 0.3) is 33.4 Å². The van der Waals surface area contributed by atoms with Crippen molar-refractivity contribution < 1.29 is 152 Å². The van der Waals surface area contributed by atoms with Crippen LogP contribution in [0.5, 0.6) is 5.75 Å². The first-order chi connectivity index (χ1) is 15.4. The SMILES string of the molecule is O=C([O-])c1c(Cl)c(Cl)c(Cl)c(Cl)c1-c1c2cc(I)c(=O)c(I)c-2oc2c(I)c([O-])c(I)cc12.[K+].[K+].[Na+]. The number of aromatic carboxylic acids is 1. The fourth-order valence-corrected chi connectivity index (χ4v) is 7.91. The number of hydrogen-bond donors (Lipinski definition) is 0. The number of carboxylic acid groups (broad SMARTS) is 1. The monoisotopic (exact) mass is 1070 g/mol. The summed E-state index contributed by atoms with van der Waals surface area (Å²) in [5.41, 5.74) is -0.0131. The zero-order valence-corrected chi connectivity index (χ0v) is 38.1. The first-order valence-electron chi connectivity index (χ1n) is 8.39. The summed E-state index contributed by atoms with van der Waals surface area (Å²) in [7, 11) is 0. The molecule has 2 aromatic carbocycles. The molecule has 0 spiro atoms. The van der Waals surface area contributed by atoms with Crippen molar-refractivity contribution in [2.24, 2.45) is 0 Å². The second kappa shape index (κ2) is 15.7. The molecule has 0 bridgehead atoms. The Morgan fingerprint density at radius 3 is 1.94 bits per heavy atom. The number of halogens is 8. The molecule has 2 aliphatic rings. The number of benzene rings is 3. The third-order valence-electron chi connectivity index (χ3n) is 4.73. The van der Waals surface area contributed by atoms with E-state index in [1.165, 1.54) is 0 Å². The molecule has 5 nitrogen and oxygen atoms in total. The summed E-state index contributed by atoms with van der Waals surface area (Å²) < 4.78 is 7.27. The third-order valence-corrected chi connectivity index (χ3v) is 10.1. The predicted octanol–water partition coefficient (Wildman–Crippen LogP) is -1.95. The molecule has 0 saturated heterocycles. The summed E-state index contributed by atoms with van der Waals surface area (Å²) in [6.45, 7) is 0. The summed E-state index contributed by atoms with van der Waals surface area (Å²) in [5.74, 6) is -1.75. The van der Waals surface area contributed by atoms with Crippen LogP contribution < -0.4 is 148 Å². The molecule has 170 valence electrons. The number of carboxylic acids is 1. The number of hydrogen-bond acceptors (Lipinski definition) is 5. The van der Waals surface area contributed by atoms with Gasteiger partial charge in [0.1, 0.15) is 9.15 Å². The molecule has 0 aromatic heterocycles. The third kappa shape index (κ3) is 7.01. The van der Waals surface area contributed by atoms with Crippen molar-refractivity contribution in [1.29, 1.82) is 0 Å². The van der Waals surface area contributed by atoms with Crippen LogP contribution in [-0.4, -0.2) is 5.97 Å². The van der Waals surface area contributed by atoms with E-state index < -0.39 is 11.5 Å². The van der Waals surface area contributed by atoms with Crippen LogP contribution in [0.2, 0.25) is 20.1 Å². The summed E-state index contributed by atoms with van der Waals surface area (Å²) in [4.78, 5) is 24.8. The van der Waals surface area contributed by atoms with Gasteiger partial charge in [-0.1, -0.05) is 52.2 Å². The van der Waals surface area contributed by atoms with Gasteiger partial charge in [0.2, 0.25) is 5.43 Å². The van der Waals surface area contributed by atoms with Crippen molar-refractivity contribution in [2.45, 2.75) is 0 Å². The van der Waals surface area contributed by atoms with Gasteiger partial charge in [0, 0.05) is 34.8 Å². The van der Waals surface area contributed by atoms with E-state index in [9.17, 15) is 19.8 Å². The van der Waals surface area contributed by atoms with Gasteiger partial charge in [0.25, 0.3) is 0 Å². The maximum Gasteiger partial charge on any atom is 1.00 e. The largest absolute Gasteiger partial charge is 1.00 e. The van der Waals surface area contributed by atoms with Crippen LogP contribution in [-0.2, 0) is 0 Å². The van der Waals surface area contributed by atoms with E-state index in [2.05, 4.69) is 0 Å². The summed E-state index contributed by atoms with van der Waals surface area (Å²) in [6.07, 6.45) is 0. The van der Waals surface area contributed by atoms with Gasteiger partial charge in [-0.25, -0.2) is 0 Å². The summed E-state index contributed by atoms with van der Waals surface area (Å²) in [6, 6.07) is 3.10. The molecule has 0 amide bonds. The van der Waals surface area contributed by atoms with Crippen LogP contribution in [0, 0.1) is 14.3 Å². The first-order valence-corrected chi connectivity index (χ1v) is 14.2. The van der Waals surface area contributed by atoms with Crippen molar-refractivity contribution in [3.63, 3.8) is 0 Å². The standard InChI is InChI=1S/C20H4Cl4I4O5.2K.Na/c21-10-8(9(20(31)32)11(22)13(24)12(10)23)7-3-1-5(25)16(29)14(27)18(3)33-19-4(7)2-6(26)17(30)15(19)28;;;/h1-2,29H,(H,31,32);;;/q;3*+1/p-2. The molecular weight excluding hydrogens is 1070 g/mol. The van der Waals surface area contributed by atoms with Crippen molar-refractivity contribution in [1.82, 2.24) is 0 Å². The molecule has 0 atom stereocenters. The normalized spacial score (nSPS) is 10.6. The minimum atomic E-state index is -1.63. The van der Waals surface area contributed by atoms with Gasteiger partial charge in [-0.3, -0.25) is 4.79 Å². The Bertz CT molecular complexity index is 1590. The fourth-order valence-electron chi connectivity index (χ4n) is 3.31. The number of rotatable bonds is 2. The Balaban J connectivity index is 0.00000216.